The lowest BCUT2D eigenvalue weighted by atomic mass is 9.96. The van der Waals surface area contributed by atoms with Gasteiger partial charge in [0, 0.05) is 18.0 Å². The maximum absolute atomic E-state index is 11.6. The molecular weight excluding hydrogens is 198 g/mol. The van der Waals surface area contributed by atoms with Crippen molar-refractivity contribution in [3.63, 3.8) is 0 Å². The van der Waals surface area contributed by atoms with Crippen LogP contribution in [0.4, 0.5) is 0 Å². The van der Waals surface area contributed by atoms with Gasteiger partial charge in [0.15, 0.2) is 5.78 Å². The lowest BCUT2D eigenvalue weighted by Crippen LogP contribution is -1.96. The van der Waals surface area contributed by atoms with Gasteiger partial charge in [0.25, 0.3) is 0 Å². The SMILES string of the molecule is CC(=O)c1cc(C)ccc1-c1ccncc1. The van der Waals surface area contributed by atoms with Crippen LogP contribution in [0.1, 0.15) is 22.8 Å². The maximum atomic E-state index is 11.6. The lowest BCUT2D eigenvalue weighted by Gasteiger charge is -2.07. The summed E-state index contributed by atoms with van der Waals surface area (Å²) in [5.74, 6) is 0.0931. The van der Waals surface area contributed by atoms with Gasteiger partial charge in [0.05, 0.1) is 0 Å². The molecule has 80 valence electrons. The third-order valence-electron chi connectivity index (χ3n) is 2.55. The second-order valence-corrected chi connectivity index (χ2v) is 3.84. The highest BCUT2D eigenvalue weighted by Crippen LogP contribution is 2.24. The first-order valence-electron chi connectivity index (χ1n) is 5.20. The molecule has 0 bridgehead atoms. The zero-order valence-corrected chi connectivity index (χ0v) is 9.40. The summed E-state index contributed by atoms with van der Waals surface area (Å²) in [6.07, 6.45) is 3.47. The van der Waals surface area contributed by atoms with E-state index in [0.717, 1.165) is 22.3 Å². The summed E-state index contributed by atoms with van der Waals surface area (Å²) in [5, 5.41) is 0. The summed E-state index contributed by atoms with van der Waals surface area (Å²) >= 11 is 0. The lowest BCUT2D eigenvalue weighted by molar-refractivity contribution is 0.101. The highest BCUT2D eigenvalue weighted by molar-refractivity contribution is 6.00. The van der Waals surface area contributed by atoms with Gasteiger partial charge in [0.1, 0.15) is 0 Å². The number of hydrogen-bond donors (Lipinski definition) is 0. The van der Waals surface area contributed by atoms with E-state index in [2.05, 4.69) is 4.98 Å². The summed E-state index contributed by atoms with van der Waals surface area (Å²) in [4.78, 5) is 15.6. The van der Waals surface area contributed by atoms with Gasteiger partial charge in [-0.05, 0) is 43.2 Å². The Labute approximate surface area is 95.0 Å². The molecule has 0 radical (unpaired) electrons. The van der Waals surface area contributed by atoms with Crippen molar-refractivity contribution in [3.05, 3.63) is 53.9 Å². The molecule has 2 nitrogen and oxygen atoms in total. The fourth-order valence-corrected chi connectivity index (χ4v) is 1.73. The number of rotatable bonds is 2. The Bertz CT molecular complexity index is 518. The first kappa shape index (κ1) is 10.6. The number of carbonyl (C=O) groups excluding carboxylic acids is 1. The fraction of sp³-hybridized carbons (Fsp3) is 0.143. The van der Waals surface area contributed by atoms with Gasteiger partial charge in [-0.1, -0.05) is 17.7 Å². The molecule has 16 heavy (non-hydrogen) atoms. The Balaban J connectivity index is 2.61. The average molecular weight is 211 g/mol. The largest absolute Gasteiger partial charge is 0.294 e. The van der Waals surface area contributed by atoms with Crippen LogP contribution in [0.25, 0.3) is 11.1 Å². The molecule has 0 fully saturated rings. The van der Waals surface area contributed by atoms with Crippen molar-refractivity contribution in [1.29, 1.82) is 0 Å². The Morgan fingerprint density at radius 1 is 1.12 bits per heavy atom. The van der Waals surface area contributed by atoms with Crippen molar-refractivity contribution in [1.82, 2.24) is 4.98 Å². The van der Waals surface area contributed by atoms with Crippen molar-refractivity contribution in [2.45, 2.75) is 13.8 Å². The third-order valence-corrected chi connectivity index (χ3v) is 2.55. The molecule has 0 saturated heterocycles. The normalized spacial score (nSPS) is 10.1. The first-order chi connectivity index (χ1) is 7.68. The zero-order valence-electron chi connectivity index (χ0n) is 9.40. The van der Waals surface area contributed by atoms with E-state index >= 15 is 0 Å². The monoisotopic (exact) mass is 211 g/mol. The number of benzene rings is 1. The molecule has 0 atom stereocenters. The van der Waals surface area contributed by atoms with E-state index < -0.39 is 0 Å². The fourth-order valence-electron chi connectivity index (χ4n) is 1.73. The average Bonchev–Trinajstić information content (AvgIpc) is 2.30. The molecule has 2 aromatic rings. The van der Waals surface area contributed by atoms with Gasteiger partial charge in [-0.3, -0.25) is 9.78 Å². The molecule has 0 aliphatic carbocycles. The molecule has 2 heteroatoms. The molecule has 0 N–H and O–H groups in total. The molecule has 0 amide bonds. The van der Waals surface area contributed by atoms with E-state index in [4.69, 9.17) is 0 Å². The molecule has 0 aliphatic rings. The third kappa shape index (κ3) is 2.01. The second kappa shape index (κ2) is 4.27. The van der Waals surface area contributed by atoms with Crippen molar-refractivity contribution in [2.24, 2.45) is 0 Å². The summed E-state index contributed by atoms with van der Waals surface area (Å²) < 4.78 is 0. The molecule has 1 heterocycles. The van der Waals surface area contributed by atoms with Crippen LogP contribution in [0.2, 0.25) is 0 Å². The minimum Gasteiger partial charge on any atom is -0.294 e. The number of pyridine rings is 1. The summed E-state index contributed by atoms with van der Waals surface area (Å²) in [6.45, 7) is 3.59. The van der Waals surface area contributed by atoms with Gasteiger partial charge < -0.3 is 0 Å². The quantitative estimate of drug-likeness (QED) is 0.714. The van der Waals surface area contributed by atoms with Gasteiger partial charge in [-0.15, -0.1) is 0 Å². The molecule has 0 saturated carbocycles. The topological polar surface area (TPSA) is 30.0 Å². The number of carbonyl (C=O) groups is 1. The molecule has 1 aromatic carbocycles. The first-order valence-corrected chi connectivity index (χ1v) is 5.20. The smallest absolute Gasteiger partial charge is 0.160 e. The number of ketones is 1. The zero-order chi connectivity index (χ0) is 11.5. The standard InChI is InChI=1S/C14H13NO/c1-10-3-4-13(14(9-10)11(2)16)12-5-7-15-8-6-12/h3-9H,1-2H3. The van der Waals surface area contributed by atoms with Crippen molar-refractivity contribution >= 4 is 5.78 Å². The summed E-state index contributed by atoms with van der Waals surface area (Å²) in [5.41, 5.74) is 3.87. The van der Waals surface area contributed by atoms with Gasteiger partial charge >= 0.3 is 0 Å². The molecule has 0 spiro atoms. The molecular formula is C14H13NO. The van der Waals surface area contributed by atoms with Crippen molar-refractivity contribution in [3.8, 4) is 11.1 Å². The van der Waals surface area contributed by atoms with Crippen molar-refractivity contribution in [2.75, 3.05) is 0 Å². The summed E-state index contributed by atoms with van der Waals surface area (Å²) in [7, 11) is 0. The van der Waals surface area contributed by atoms with Gasteiger partial charge in [-0.2, -0.15) is 0 Å². The Kier molecular flexibility index (Phi) is 2.82. The van der Waals surface area contributed by atoms with E-state index in [9.17, 15) is 4.79 Å². The molecule has 1 aromatic heterocycles. The number of nitrogens with zero attached hydrogens (tertiary/aromatic N) is 1. The minimum atomic E-state index is 0.0931. The Hall–Kier alpha value is -1.96. The number of Topliss-reactive ketones (excluding diaryl/α,β-unsaturated/α-hetero) is 1. The van der Waals surface area contributed by atoms with Gasteiger partial charge in [-0.25, -0.2) is 0 Å². The molecule has 0 unspecified atom stereocenters. The van der Waals surface area contributed by atoms with Crippen LogP contribution in [0.5, 0.6) is 0 Å². The van der Waals surface area contributed by atoms with E-state index in [1.807, 2.05) is 37.3 Å². The van der Waals surface area contributed by atoms with Crippen LogP contribution < -0.4 is 0 Å². The van der Waals surface area contributed by atoms with E-state index in [-0.39, 0.29) is 5.78 Å². The van der Waals surface area contributed by atoms with E-state index in [1.165, 1.54) is 0 Å². The Morgan fingerprint density at radius 2 is 1.81 bits per heavy atom. The predicted octanol–water partition coefficient (Wildman–Crippen LogP) is 3.26. The van der Waals surface area contributed by atoms with E-state index in [1.54, 1.807) is 19.3 Å². The van der Waals surface area contributed by atoms with Crippen LogP contribution in [0.3, 0.4) is 0 Å². The predicted molar refractivity (Wildman–Crippen MR) is 64.4 cm³/mol. The van der Waals surface area contributed by atoms with Crippen LogP contribution in [-0.4, -0.2) is 10.8 Å². The second-order valence-electron chi connectivity index (χ2n) is 3.84. The Morgan fingerprint density at radius 3 is 2.44 bits per heavy atom. The van der Waals surface area contributed by atoms with Crippen molar-refractivity contribution < 1.29 is 4.79 Å². The maximum Gasteiger partial charge on any atom is 0.160 e. The highest BCUT2D eigenvalue weighted by Gasteiger charge is 2.08. The highest BCUT2D eigenvalue weighted by atomic mass is 16.1. The van der Waals surface area contributed by atoms with Crippen LogP contribution in [0, 0.1) is 6.92 Å². The van der Waals surface area contributed by atoms with E-state index in [0.29, 0.717) is 0 Å². The molecule has 0 aliphatic heterocycles. The number of aromatic nitrogens is 1. The van der Waals surface area contributed by atoms with Crippen LogP contribution >= 0.6 is 0 Å². The van der Waals surface area contributed by atoms with Crippen LogP contribution in [0.15, 0.2) is 42.7 Å². The summed E-state index contributed by atoms with van der Waals surface area (Å²) in [6, 6.07) is 9.76. The molecule has 2 rings (SSSR count). The number of aryl methyl sites for hydroxylation is 1. The number of hydrogen-bond acceptors (Lipinski definition) is 2. The van der Waals surface area contributed by atoms with Crippen LogP contribution in [-0.2, 0) is 0 Å². The minimum absolute atomic E-state index is 0.0931. The van der Waals surface area contributed by atoms with Gasteiger partial charge in [0.2, 0.25) is 0 Å².